The summed E-state index contributed by atoms with van der Waals surface area (Å²) in [4.78, 5) is 2.65. The van der Waals surface area contributed by atoms with Crippen LogP contribution in [0.5, 0.6) is 0 Å². The van der Waals surface area contributed by atoms with Gasteiger partial charge in [0.15, 0.2) is 0 Å². The predicted molar refractivity (Wildman–Crippen MR) is 52.6 cm³/mol. The Morgan fingerprint density at radius 2 is 2.40 bits per heavy atom. The summed E-state index contributed by atoms with van der Waals surface area (Å²) in [5.41, 5.74) is 5.42. The SMILES string of the molecule is Cc1sc(C(N)=S)cc1Br. The van der Waals surface area contributed by atoms with Crippen LogP contribution in [0.2, 0.25) is 0 Å². The number of aryl methyl sites for hydroxylation is 1. The first-order valence-corrected chi connectivity index (χ1v) is 4.69. The molecular weight excluding hydrogens is 230 g/mol. The Labute approximate surface area is 77.4 Å². The Morgan fingerprint density at radius 3 is 2.60 bits per heavy atom. The molecule has 1 nitrogen and oxygen atoms in total. The van der Waals surface area contributed by atoms with Gasteiger partial charge in [0.05, 0.1) is 4.88 Å². The Hall–Kier alpha value is 0.0700. The predicted octanol–water partition coefficient (Wildman–Crippen LogP) is 2.45. The smallest absolute Gasteiger partial charge is 0.114 e. The molecule has 1 aromatic rings. The molecule has 0 atom stereocenters. The molecule has 0 bridgehead atoms. The van der Waals surface area contributed by atoms with E-state index in [1.54, 1.807) is 11.3 Å². The minimum absolute atomic E-state index is 0.471. The highest BCUT2D eigenvalue weighted by molar-refractivity contribution is 9.10. The fourth-order valence-corrected chi connectivity index (χ4v) is 2.15. The molecule has 0 radical (unpaired) electrons. The van der Waals surface area contributed by atoms with E-state index in [1.165, 1.54) is 4.88 Å². The van der Waals surface area contributed by atoms with Crippen LogP contribution in [0.4, 0.5) is 0 Å². The average Bonchev–Trinajstić information content (AvgIpc) is 2.13. The number of thiophene rings is 1. The summed E-state index contributed by atoms with van der Waals surface area (Å²) in [6, 6.07) is 1.95. The van der Waals surface area contributed by atoms with Gasteiger partial charge in [-0.1, -0.05) is 12.2 Å². The van der Waals surface area contributed by atoms with Crippen molar-refractivity contribution in [1.82, 2.24) is 0 Å². The minimum Gasteiger partial charge on any atom is -0.389 e. The summed E-state index contributed by atoms with van der Waals surface area (Å²) in [5.74, 6) is 0. The molecular formula is C6H6BrNS2. The van der Waals surface area contributed by atoms with Gasteiger partial charge in [0.2, 0.25) is 0 Å². The third-order valence-corrected chi connectivity index (χ3v) is 3.62. The van der Waals surface area contributed by atoms with Gasteiger partial charge in [-0.05, 0) is 28.9 Å². The maximum atomic E-state index is 5.42. The third kappa shape index (κ3) is 1.56. The molecule has 1 aromatic heterocycles. The van der Waals surface area contributed by atoms with Gasteiger partial charge in [-0.2, -0.15) is 0 Å². The third-order valence-electron chi connectivity index (χ3n) is 1.10. The maximum Gasteiger partial charge on any atom is 0.114 e. The van der Waals surface area contributed by atoms with Crippen LogP contribution in [-0.4, -0.2) is 4.99 Å². The number of thiocarbonyl (C=S) groups is 1. The lowest BCUT2D eigenvalue weighted by atomic mass is 10.4. The number of halogens is 1. The monoisotopic (exact) mass is 235 g/mol. The van der Waals surface area contributed by atoms with Crippen LogP contribution >= 0.6 is 39.5 Å². The molecule has 2 N–H and O–H groups in total. The van der Waals surface area contributed by atoms with Gasteiger partial charge < -0.3 is 5.73 Å². The van der Waals surface area contributed by atoms with Crippen LogP contribution in [0.25, 0.3) is 0 Å². The van der Waals surface area contributed by atoms with Crippen molar-refractivity contribution in [2.24, 2.45) is 5.73 Å². The standard InChI is InChI=1S/C6H6BrNS2/c1-3-4(7)2-5(10-3)6(8)9/h2H,1H3,(H2,8,9). The van der Waals surface area contributed by atoms with Crippen molar-refractivity contribution < 1.29 is 0 Å². The molecule has 0 aliphatic rings. The van der Waals surface area contributed by atoms with Gasteiger partial charge in [-0.25, -0.2) is 0 Å². The Morgan fingerprint density at radius 1 is 1.80 bits per heavy atom. The van der Waals surface area contributed by atoms with E-state index in [-0.39, 0.29) is 0 Å². The van der Waals surface area contributed by atoms with E-state index in [2.05, 4.69) is 15.9 Å². The zero-order valence-electron chi connectivity index (χ0n) is 5.35. The van der Waals surface area contributed by atoms with E-state index in [9.17, 15) is 0 Å². The van der Waals surface area contributed by atoms with Crippen LogP contribution in [0.3, 0.4) is 0 Å². The topological polar surface area (TPSA) is 26.0 Å². The Balaban J connectivity index is 3.10. The van der Waals surface area contributed by atoms with E-state index in [1.807, 2.05) is 13.0 Å². The van der Waals surface area contributed by atoms with Gasteiger partial charge in [-0.3, -0.25) is 0 Å². The molecule has 4 heteroatoms. The lowest BCUT2D eigenvalue weighted by Crippen LogP contribution is -2.06. The van der Waals surface area contributed by atoms with Gasteiger partial charge >= 0.3 is 0 Å². The number of hydrogen-bond acceptors (Lipinski definition) is 2. The first-order valence-electron chi connectivity index (χ1n) is 2.67. The van der Waals surface area contributed by atoms with Crippen molar-refractivity contribution in [3.8, 4) is 0 Å². The average molecular weight is 236 g/mol. The zero-order valence-corrected chi connectivity index (χ0v) is 8.57. The summed E-state index contributed by atoms with van der Waals surface area (Å²) in [6.45, 7) is 2.02. The van der Waals surface area contributed by atoms with Crippen molar-refractivity contribution in [1.29, 1.82) is 0 Å². The molecule has 0 aliphatic heterocycles. The second kappa shape index (κ2) is 2.98. The molecule has 0 amide bonds. The second-order valence-electron chi connectivity index (χ2n) is 1.88. The summed E-state index contributed by atoms with van der Waals surface area (Å²) in [5, 5.41) is 0. The van der Waals surface area contributed by atoms with Crippen LogP contribution in [0.1, 0.15) is 9.75 Å². The highest BCUT2D eigenvalue weighted by Crippen LogP contribution is 2.25. The fourth-order valence-electron chi connectivity index (χ4n) is 0.581. The zero-order chi connectivity index (χ0) is 7.72. The maximum absolute atomic E-state index is 5.42. The second-order valence-corrected chi connectivity index (χ2v) is 4.43. The fraction of sp³-hybridized carbons (Fsp3) is 0.167. The minimum atomic E-state index is 0.471. The molecule has 0 spiro atoms. The molecule has 0 saturated heterocycles. The summed E-state index contributed by atoms with van der Waals surface area (Å²) < 4.78 is 1.08. The highest BCUT2D eigenvalue weighted by atomic mass is 79.9. The van der Waals surface area contributed by atoms with E-state index in [4.69, 9.17) is 18.0 Å². The number of rotatable bonds is 1. The van der Waals surface area contributed by atoms with Crippen molar-refractivity contribution in [3.63, 3.8) is 0 Å². The molecule has 0 unspecified atom stereocenters. The van der Waals surface area contributed by atoms with Crippen molar-refractivity contribution in [2.45, 2.75) is 6.92 Å². The molecule has 0 aliphatic carbocycles. The van der Waals surface area contributed by atoms with Crippen molar-refractivity contribution in [2.75, 3.05) is 0 Å². The van der Waals surface area contributed by atoms with Gasteiger partial charge in [0.1, 0.15) is 4.99 Å². The highest BCUT2D eigenvalue weighted by Gasteiger charge is 2.03. The lowest BCUT2D eigenvalue weighted by Gasteiger charge is -1.85. The normalized spacial score (nSPS) is 9.80. The summed E-state index contributed by atoms with van der Waals surface area (Å²) in [6.07, 6.45) is 0. The largest absolute Gasteiger partial charge is 0.389 e. The van der Waals surface area contributed by atoms with E-state index >= 15 is 0 Å². The first kappa shape index (κ1) is 8.17. The van der Waals surface area contributed by atoms with Gasteiger partial charge in [-0.15, -0.1) is 11.3 Å². The van der Waals surface area contributed by atoms with Crippen LogP contribution in [-0.2, 0) is 0 Å². The van der Waals surface area contributed by atoms with Gasteiger partial charge in [0.25, 0.3) is 0 Å². The van der Waals surface area contributed by atoms with Gasteiger partial charge in [0, 0.05) is 9.35 Å². The Bertz CT molecular complexity index is 247. The van der Waals surface area contributed by atoms with E-state index in [0.29, 0.717) is 4.99 Å². The first-order chi connectivity index (χ1) is 4.61. The molecule has 1 rings (SSSR count). The summed E-state index contributed by atoms with van der Waals surface area (Å²) in [7, 11) is 0. The Kier molecular flexibility index (Phi) is 2.44. The van der Waals surface area contributed by atoms with Crippen LogP contribution in [0, 0.1) is 6.92 Å². The molecule has 0 aromatic carbocycles. The van der Waals surface area contributed by atoms with E-state index < -0.39 is 0 Å². The van der Waals surface area contributed by atoms with Crippen molar-refractivity contribution >= 4 is 44.5 Å². The molecule has 54 valence electrons. The molecule has 1 heterocycles. The quantitative estimate of drug-likeness (QED) is 0.758. The van der Waals surface area contributed by atoms with E-state index in [0.717, 1.165) is 9.35 Å². The van der Waals surface area contributed by atoms with Crippen LogP contribution < -0.4 is 5.73 Å². The lowest BCUT2D eigenvalue weighted by molar-refractivity contribution is 1.59. The molecule has 0 fully saturated rings. The van der Waals surface area contributed by atoms with Crippen molar-refractivity contribution in [3.05, 3.63) is 20.3 Å². The molecule has 0 saturated carbocycles. The molecule has 10 heavy (non-hydrogen) atoms. The summed E-state index contributed by atoms with van der Waals surface area (Å²) >= 11 is 9.79. The number of hydrogen-bond donors (Lipinski definition) is 1. The number of nitrogens with two attached hydrogens (primary N) is 1. The van der Waals surface area contributed by atoms with Crippen LogP contribution in [0.15, 0.2) is 10.5 Å².